The average molecular weight is 382 g/mol. The molecule has 0 saturated heterocycles. The van der Waals surface area contributed by atoms with Crippen molar-refractivity contribution in [3.8, 4) is 0 Å². The molecule has 0 atom stereocenters. The van der Waals surface area contributed by atoms with Crippen LogP contribution in [0.2, 0.25) is 0 Å². The molecular formula is C18H22N8O2. The average Bonchev–Trinajstić information content (AvgIpc) is 3.38. The molecule has 0 spiro atoms. The molecule has 10 nitrogen and oxygen atoms in total. The number of aromatic nitrogens is 6. The first-order chi connectivity index (χ1) is 13.5. The van der Waals surface area contributed by atoms with E-state index in [0.717, 1.165) is 17.7 Å². The Morgan fingerprint density at radius 3 is 2.61 bits per heavy atom. The minimum Gasteiger partial charge on any atom is -0.346 e. The van der Waals surface area contributed by atoms with Crippen LogP contribution in [0.25, 0.3) is 6.08 Å². The van der Waals surface area contributed by atoms with Crippen molar-refractivity contribution in [1.29, 1.82) is 0 Å². The van der Waals surface area contributed by atoms with E-state index in [-0.39, 0.29) is 17.5 Å². The van der Waals surface area contributed by atoms with Gasteiger partial charge in [-0.05, 0) is 13.0 Å². The molecule has 0 bridgehead atoms. The highest BCUT2D eigenvalue weighted by Crippen LogP contribution is 2.14. The van der Waals surface area contributed by atoms with Gasteiger partial charge < -0.3 is 10.6 Å². The number of aryl methyl sites for hydroxylation is 3. The monoisotopic (exact) mass is 382 g/mol. The van der Waals surface area contributed by atoms with E-state index in [1.54, 1.807) is 41.9 Å². The van der Waals surface area contributed by atoms with E-state index in [2.05, 4.69) is 25.9 Å². The van der Waals surface area contributed by atoms with E-state index in [9.17, 15) is 9.59 Å². The molecule has 3 aromatic rings. The van der Waals surface area contributed by atoms with Gasteiger partial charge in [0.1, 0.15) is 5.69 Å². The minimum absolute atomic E-state index is 0.268. The highest BCUT2D eigenvalue weighted by molar-refractivity contribution is 6.06. The van der Waals surface area contributed by atoms with Crippen molar-refractivity contribution in [1.82, 2.24) is 34.7 Å². The Kier molecular flexibility index (Phi) is 5.68. The Labute approximate surface area is 161 Å². The highest BCUT2D eigenvalue weighted by atomic mass is 16.2. The zero-order chi connectivity index (χ0) is 20.1. The second-order valence-electron chi connectivity index (χ2n) is 6.19. The van der Waals surface area contributed by atoms with E-state index < -0.39 is 0 Å². The number of amides is 2. The third-order valence-corrected chi connectivity index (χ3v) is 4.03. The standard InChI is InChI=1S/C18H22N8O2/c1-4-26-12-13(8-22-26)5-6-16(27)23-15-10-21-25(3)17(15)18(28)19-7-14-9-20-24(2)11-14/h5-6,8-12H,4,7H2,1-3H3,(H,19,28)(H,23,27)/b6-5+. The Balaban J connectivity index is 1.64. The summed E-state index contributed by atoms with van der Waals surface area (Å²) in [5, 5.41) is 17.8. The number of nitrogens with zero attached hydrogens (tertiary/aromatic N) is 6. The number of hydrogen-bond donors (Lipinski definition) is 2. The van der Waals surface area contributed by atoms with E-state index >= 15 is 0 Å². The predicted octanol–water partition coefficient (Wildman–Crippen LogP) is 0.952. The fourth-order valence-corrected chi connectivity index (χ4v) is 2.61. The van der Waals surface area contributed by atoms with Gasteiger partial charge in [-0.1, -0.05) is 0 Å². The number of nitrogens with one attached hydrogen (secondary N) is 2. The summed E-state index contributed by atoms with van der Waals surface area (Å²) in [6.07, 6.45) is 11.5. The molecule has 0 fully saturated rings. The van der Waals surface area contributed by atoms with Crippen LogP contribution in [0.3, 0.4) is 0 Å². The van der Waals surface area contributed by atoms with Gasteiger partial charge in [0.15, 0.2) is 0 Å². The van der Waals surface area contributed by atoms with Crippen LogP contribution in [0.4, 0.5) is 5.69 Å². The van der Waals surface area contributed by atoms with Gasteiger partial charge in [0, 0.05) is 56.8 Å². The van der Waals surface area contributed by atoms with Crippen molar-refractivity contribution in [2.75, 3.05) is 5.32 Å². The fraction of sp³-hybridized carbons (Fsp3) is 0.278. The van der Waals surface area contributed by atoms with Gasteiger partial charge in [0.2, 0.25) is 5.91 Å². The summed E-state index contributed by atoms with van der Waals surface area (Å²) in [4.78, 5) is 24.8. The van der Waals surface area contributed by atoms with Gasteiger partial charge in [0.25, 0.3) is 5.91 Å². The largest absolute Gasteiger partial charge is 0.346 e. The smallest absolute Gasteiger partial charge is 0.271 e. The summed E-state index contributed by atoms with van der Waals surface area (Å²) in [5.41, 5.74) is 2.30. The maximum Gasteiger partial charge on any atom is 0.271 e. The van der Waals surface area contributed by atoms with Crippen LogP contribution in [0.5, 0.6) is 0 Å². The number of rotatable bonds is 7. The van der Waals surface area contributed by atoms with Crippen LogP contribution < -0.4 is 10.6 Å². The zero-order valence-corrected chi connectivity index (χ0v) is 16.0. The molecule has 0 aliphatic heterocycles. The Hall–Kier alpha value is -3.69. The molecule has 3 rings (SSSR count). The SMILES string of the molecule is CCn1cc(/C=C/C(=O)Nc2cnn(C)c2C(=O)NCc2cnn(C)c2)cn1. The Morgan fingerprint density at radius 2 is 1.93 bits per heavy atom. The van der Waals surface area contributed by atoms with Crippen molar-refractivity contribution >= 4 is 23.6 Å². The first-order valence-electron chi connectivity index (χ1n) is 8.75. The van der Waals surface area contributed by atoms with Crippen LogP contribution in [0.1, 0.15) is 28.5 Å². The molecule has 3 heterocycles. The summed E-state index contributed by atoms with van der Waals surface area (Å²) < 4.78 is 4.85. The van der Waals surface area contributed by atoms with Crippen LogP contribution in [-0.4, -0.2) is 41.2 Å². The molecular weight excluding hydrogens is 360 g/mol. The van der Waals surface area contributed by atoms with Crippen LogP contribution in [0, 0.1) is 0 Å². The Bertz CT molecular complexity index is 1010. The van der Waals surface area contributed by atoms with Crippen molar-refractivity contribution in [2.24, 2.45) is 14.1 Å². The molecule has 3 aromatic heterocycles. The van der Waals surface area contributed by atoms with Crippen molar-refractivity contribution in [3.05, 3.63) is 53.9 Å². The van der Waals surface area contributed by atoms with Gasteiger partial charge in [-0.15, -0.1) is 0 Å². The lowest BCUT2D eigenvalue weighted by molar-refractivity contribution is -0.111. The van der Waals surface area contributed by atoms with Crippen LogP contribution in [-0.2, 0) is 32.0 Å². The second-order valence-corrected chi connectivity index (χ2v) is 6.19. The first kappa shape index (κ1) is 19.1. The second kappa shape index (κ2) is 8.33. The molecule has 10 heteroatoms. The highest BCUT2D eigenvalue weighted by Gasteiger charge is 2.18. The third kappa shape index (κ3) is 4.53. The molecule has 0 radical (unpaired) electrons. The van der Waals surface area contributed by atoms with Gasteiger partial charge in [-0.25, -0.2) is 0 Å². The Morgan fingerprint density at radius 1 is 1.11 bits per heavy atom. The maximum atomic E-state index is 12.5. The lowest BCUT2D eigenvalue weighted by Gasteiger charge is -2.07. The fourth-order valence-electron chi connectivity index (χ4n) is 2.61. The number of carbonyl (C=O) groups excluding carboxylic acids is 2. The maximum absolute atomic E-state index is 12.5. The zero-order valence-electron chi connectivity index (χ0n) is 16.0. The van der Waals surface area contributed by atoms with Crippen LogP contribution >= 0.6 is 0 Å². The summed E-state index contributed by atoms with van der Waals surface area (Å²) >= 11 is 0. The van der Waals surface area contributed by atoms with E-state index in [1.165, 1.54) is 17.0 Å². The van der Waals surface area contributed by atoms with Crippen molar-refractivity contribution in [3.63, 3.8) is 0 Å². The predicted molar refractivity (Wildman–Crippen MR) is 103 cm³/mol. The molecule has 0 aliphatic rings. The summed E-state index contributed by atoms with van der Waals surface area (Å²) in [5.74, 6) is -0.703. The lowest BCUT2D eigenvalue weighted by atomic mass is 10.3. The molecule has 146 valence electrons. The quantitative estimate of drug-likeness (QED) is 0.591. The van der Waals surface area contributed by atoms with Gasteiger partial charge in [-0.3, -0.25) is 23.6 Å². The summed E-state index contributed by atoms with van der Waals surface area (Å²) in [7, 11) is 3.45. The van der Waals surface area contributed by atoms with Crippen molar-refractivity contribution in [2.45, 2.75) is 20.0 Å². The molecule has 0 aromatic carbocycles. The molecule has 0 saturated carbocycles. The number of anilines is 1. The molecule has 2 amide bonds. The summed E-state index contributed by atoms with van der Waals surface area (Å²) in [6, 6.07) is 0. The topological polar surface area (TPSA) is 112 Å². The minimum atomic E-state index is -0.362. The molecule has 2 N–H and O–H groups in total. The van der Waals surface area contributed by atoms with E-state index in [4.69, 9.17) is 0 Å². The third-order valence-electron chi connectivity index (χ3n) is 4.03. The normalized spacial score (nSPS) is 11.1. The first-order valence-corrected chi connectivity index (χ1v) is 8.75. The van der Waals surface area contributed by atoms with Gasteiger partial charge in [-0.2, -0.15) is 15.3 Å². The molecule has 0 unspecified atom stereocenters. The molecule has 28 heavy (non-hydrogen) atoms. The van der Waals surface area contributed by atoms with Gasteiger partial charge >= 0.3 is 0 Å². The van der Waals surface area contributed by atoms with Crippen molar-refractivity contribution < 1.29 is 9.59 Å². The lowest BCUT2D eigenvalue weighted by Crippen LogP contribution is -2.26. The molecule has 0 aliphatic carbocycles. The summed E-state index contributed by atoms with van der Waals surface area (Å²) in [6.45, 7) is 3.07. The van der Waals surface area contributed by atoms with E-state index in [1.807, 2.05) is 19.3 Å². The number of hydrogen-bond acceptors (Lipinski definition) is 5. The van der Waals surface area contributed by atoms with E-state index in [0.29, 0.717) is 12.2 Å². The van der Waals surface area contributed by atoms with Gasteiger partial charge in [0.05, 0.1) is 24.3 Å². The number of carbonyl (C=O) groups is 2. The van der Waals surface area contributed by atoms with Crippen LogP contribution in [0.15, 0.2) is 37.1 Å².